The third-order valence-corrected chi connectivity index (χ3v) is 5.71. The monoisotopic (exact) mass is 502 g/mol. The molecule has 0 aliphatic heterocycles. The molecule has 29 heavy (non-hydrogen) atoms. The van der Waals surface area contributed by atoms with Crippen molar-refractivity contribution >= 4 is 19.7 Å². The average molecular weight is 503 g/mol. The average Bonchev–Trinajstić information content (AvgIpc) is 2.48. The van der Waals surface area contributed by atoms with E-state index in [1.54, 1.807) is 0 Å². The fourth-order valence-electron chi connectivity index (χ4n) is 1.99. The molecule has 0 saturated heterocycles. The number of rotatable bonds is 10. The second-order valence-electron chi connectivity index (χ2n) is 5.94. The number of hydrogen-bond acceptors (Lipinski definition) is 2. The second kappa shape index (κ2) is 8.11. The van der Waals surface area contributed by atoms with Crippen molar-refractivity contribution in [2.45, 2.75) is 73.6 Å². The van der Waals surface area contributed by atoms with Gasteiger partial charge >= 0.3 is 35.8 Å². The maximum absolute atomic E-state index is 13.7. The van der Waals surface area contributed by atoms with E-state index in [4.69, 9.17) is 10.7 Å². The van der Waals surface area contributed by atoms with E-state index in [9.17, 15) is 65.5 Å². The van der Waals surface area contributed by atoms with E-state index in [1.807, 2.05) is 0 Å². The van der Waals surface area contributed by atoms with Gasteiger partial charge in [-0.25, -0.2) is 8.42 Å². The maximum atomic E-state index is 13.7. The van der Waals surface area contributed by atoms with Gasteiger partial charge in [0.15, 0.2) is 0 Å². The van der Waals surface area contributed by atoms with Crippen molar-refractivity contribution in [3.05, 3.63) is 0 Å². The van der Waals surface area contributed by atoms with Crippen LogP contribution in [0.4, 0.5) is 57.1 Å². The first kappa shape index (κ1) is 28.3. The Morgan fingerprint density at radius 3 is 1.41 bits per heavy atom. The topological polar surface area (TPSA) is 34.1 Å². The minimum absolute atomic E-state index is 0.0525. The first-order valence-corrected chi connectivity index (χ1v) is 9.68. The molecule has 0 amide bonds. The zero-order chi connectivity index (χ0) is 23.9. The Morgan fingerprint density at radius 2 is 1.10 bits per heavy atom. The van der Waals surface area contributed by atoms with Crippen LogP contribution in [0.5, 0.6) is 0 Å². The van der Waals surface area contributed by atoms with Gasteiger partial charge in [0.05, 0.1) is 5.25 Å². The molecule has 0 aliphatic carbocycles. The molecule has 0 saturated carbocycles. The van der Waals surface area contributed by atoms with E-state index in [-0.39, 0.29) is 12.8 Å². The Labute approximate surface area is 159 Å². The minimum Gasteiger partial charge on any atom is -0.212 e. The SMILES string of the molecule is CCCCC(CC(F)(F)C(F)(F)C(F)(F)C(F)(F)C(F)(F)C(F)(F)F)S(=O)(=O)Cl. The van der Waals surface area contributed by atoms with Crippen LogP contribution in [0.3, 0.4) is 0 Å². The van der Waals surface area contributed by atoms with Crippen LogP contribution >= 0.6 is 10.7 Å². The molecule has 0 aromatic carbocycles. The highest BCUT2D eigenvalue weighted by Crippen LogP contribution is 2.61. The van der Waals surface area contributed by atoms with Gasteiger partial charge in [-0.05, 0) is 6.42 Å². The molecule has 0 bridgehead atoms. The van der Waals surface area contributed by atoms with Crippen molar-refractivity contribution in [2.75, 3.05) is 0 Å². The normalized spacial score (nSPS) is 16.8. The van der Waals surface area contributed by atoms with Gasteiger partial charge in [-0.15, -0.1) is 0 Å². The number of hydrogen-bond donors (Lipinski definition) is 0. The molecule has 0 rings (SSSR count). The third kappa shape index (κ3) is 4.98. The van der Waals surface area contributed by atoms with E-state index < -0.39 is 62.9 Å². The highest BCUT2D eigenvalue weighted by atomic mass is 35.7. The van der Waals surface area contributed by atoms with Gasteiger partial charge in [0.25, 0.3) is 0 Å². The molecule has 176 valence electrons. The van der Waals surface area contributed by atoms with Crippen LogP contribution in [-0.2, 0) is 9.05 Å². The van der Waals surface area contributed by atoms with Crippen LogP contribution in [-0.4, -0.2) is 49.5 Å². The zero-order valence-electron chi connectivity index (χ0n) is 13.9. The number of halogens is 14. The summed E-state index contributed by atoms with van der Waals surface area (Å²) in [6.45, 7) is 1.35. The molecule has 0 fully saturated rings. The molecule has 17 heteroatoms. The predicted molar refractivity (Wildman–Crippen MR) is 73.5 cm³/mol. The highest BCUT2D eigenvalue weighted by molar-refractivity contribution is 8.14. The highest BCUT2D eigenvalue weighted by Gasteiger charge is 2.90. The van der Waals surface area contributed by atoms with E-state index in [0.717, 1.165) is 0 Å². The predicted octanol–water partition coefficient (Wildman–Crippen LogP) is 6.24. The summed E-state index contributed by atoms with van der Waals surface area (Å²) in [4.78, 5) is 0. The maximum Gasteiger partial charge on any atom is 0.460 e. The molecule has 0 aromatic heterocycles. The van der Waals surface area contributed by atoms with Gasteiger partial charge in [0.1, 0.15) is 0 Å². The smallest absolute Gasteiger partial charge is 0.212 e. The van der Waals surface area contributed by atoms with Gasteiger partial charge in [0, 0.05) is 17.1 Å². The molecule has 0 spiro atoms. The molecular weight excluding hydrogens is 491 g/mol. The summed E-state index contributed by atoms with van der Waals surface area (Å²) in [5.74, 6) is -37.8. The first-order valence-electron chi connectivity index (χ1n) is 7.31. The van der Waals surface area contributed by atoms with Crippen LogP contribution < -0.4 is 0 Å². The minimum atomic E-state index is -8.02. The van der Waals surface area contributed by atoms with Crippen molar-refractivity contribution < 1.29 is 65.5 Å². The van der Waals surface area contributed by atoms with Crippen molar-refractivity contribution in [3.8, 4) is 0 Å². The fraction of sp³-hybridized carbons (Fsp3) is 1.00. The summed E-state index contributed by atoms with van der Waals surface area (Å²) in [7, 11) is -0.448. The van der Waals surface area contributed by atoms with Crippen LogP contribution in [0.15, 0.2) is 0 Å². The zero-order valence-corrected chi connectivity index (χ0v) is 15.5. The van der Waals surface area contributed by atoms with Gasteiger partial charge in [-0.2, -0.15) is 57.1 Å². The number of unbranched alkanes of at least 4 members (excludes halogenated alkanes) is 1. The first-order chi connectivity index (χ1) is 12.4. The molecule has 1 atom stereocenters. The van der Waals surface area contributed by atoms with Crippen LogP contribution in [0.1, 0.15) is 32.6 Å². The van der Waals surface area contributed by atoms with E-state index >= 15 is 0 Å². The third-order valence-electron chi connectivity index (χ3n) is 3.76. The summed E-state index contributed by atoms with van der Waals surface area (Å²) in [5, 5.41) is -2.71. The Bertz CT molecular complexity index is 672. The molecule has 0 radical (unpaired) electrons. The molecule has 1 unspecified atom stereocenters. The van der Waals surface area contributed by atoms with E-state index in [0.29, 0.717) is 0 Å². The quantitative estimate of drug-likeness (QED) is 0.262. The Kier molecular flexibility index (Phi) is 7.92. The van der Waals surface area contributed by atoms with Gasteiger partial charge in [-0.1, -0.05) is 19.8 Å². The van der Waals surface area contributed by atoms with E-state index in [2.05, 4.69) is 0 Å². The number of alkyl halides is 13. The lowest BCUT2D eigenvalue weighted by atomic mass is 9.91. The summed E-state index contributed by atoms with van der Waals surface area (Å²) in [5.41, 5.74) is 0. The van der Waals surface area contributed by atoms with Crippen molar-refractivity contribution in [1.82, 2.24) is 0 Å². The largest absolute Gasteiger partial charge is 0.460 e. The Morgan fingerprint density at radius 1 is 0.724 bits per heavy atom. The standard InChI is InChI=1S/C12H12ClF13O2S/c1-2-3-4-6(29(13,27)28)5-7(14,15)8(16,17)9(18,19)10(20,21)11(22,23)12(24,25)26/h6H,2-5H2,1H3. The van der Waals surface area contributed by atoms with Gasteiger partial charge < -0.3 is 0 Å². The van der Waals surface area contributed by atoms with Crippen LogP contribution in [0.2, 0.25) is 0 Å². The van der Waals surface area contributed by atoms with Crippen molar-refractivity contribution in [2.24, 2.45) is 0 Å². The van der Waals surface area contributed by atoms with Gasteiger partial charge in [-0.3, -0.25) is 0 Å². The summed E-state index contributed by atoms with van der Waals surface area (Å²) < 4.78 is 191. The molecular formula is C12H12ClF13O2S. The molecule has 0 heterocycles. The Hall–Kier alpha value is -0.670. The summed E-state index contributed by atoms with van der Waals surface area (Å²) in [6, 6.07) is 0. The molecule has 0 N–H and O–H groups in total. The van der Waals surface area contributed by atoms with Gasteiger partial charge in [0.2, 0.25) is 9.05 Å². The van der Waals surface area contributed by atoms with Crippen molar-refractivity contribution in [1.29, 1.82) is 0 Å². The molecule has 0 aliphatic rings. The molecule has 0 aromatic rings. The summed E-state index contributed by atoms with van der Waals surface area (Å²) in [6.07, 6.45) is -11.5. The Balaban J connectivity index is 6.28. The van der Waals surface area contributed by atoms with Crippen LogP contribution in [0.25, 0.3) is 0 Å². The fourth-order valence-corrected chi connectivity index (χ4v) is 3.30. The summed E-state index contributed by atoms with van der Waals surface area (Å²) >= 11 is 0. The second-order valence-corrected chi connectivity index (χ2v) is 8.85. The molecule has 2 nitrogen and oxygen atoms in total. The lowest BCUT2D eigenvalue weighted by Gasteiger charge is -2.40. The van der Waals surface area contributed by atoms with E-state index in [1.165, 1.54) is 6.92 Å². The lowest BCUT2D eigenvalue weighted by molar-refractivity contribution is -0.440. The van der Waals surface area contributed by atoms with Crippen molar-refractivity contribution in [3.63, 3.8) is 0 Å². The lowest BCUT2D eigenvalue weighted by Crippen LogP contribution is -2.70. The van der Waals surface area contributed by atoms with Crippen LogP contribution in [0, 0.1) is 0 Å².